The highest BCUT2D eigenvalue weighted by molar-refractivity contribution is 5.91. The van der Waals surface area contributed by atoms with Crippen molar-refractivity contribution < 1.29 is 29.1 Å². The Morgan fingerprint density at radius 3 is 1.25 bits per heavy atom. The standard InChI is InChI=1S/C41H57N9O6/c42-18-10-21-45-27-39(54)48(24-33-12-4-1-5-13-33)30-36(51)46(22-11-19-43)28-40(55)50(26-35-16-8-3-9-17-35)32-38(53)47(23-20-44)29-41(56)49(31-37(45)52)25-34-14-6-2-7-15-34/h1-9,12-17,40,55H,10-11,18-32,42-44H2. The molecule has 5 amide bonds. The molecule has 0 spiro atoms. The second-order valence-electron chi connectivity index (χ2n) is 13.9. The smallest absolute Gasteiger partial charge is 0.242 e. The summed E-state index contributed by atoms with van der Waals surface area (Å²) < 4.78 is 0. The molecular formula is C41H57N9O6. The van der Waals surface area contributed by atoms with E-state index in [-0.39, 0.29) is 98.2 Å². The first kappa shape index (κ1) is 43.5. The maximum atomic E-state index is 14.2. The second kappa shape index (κ2) is 23.0. The van der Waals surface area contributed by atoms with Crippen LogP contribution in [-0.4, -0.2) is 149 Å². The predicted molar refractivity (Wildman–Crippen MR) is 213 cm³/mol. The number of aliphatic hydroxyl groups excluding tert-OH is 1. The fourth-order valence-corrected chi connectivity index (χ4v) is 6.42. The van der Waals surface area contributed by atoms with E-state index in [9.17, 15) is 29.1 Å². The topological polar surface area (TPSA) is 203 Å². The fraction of sp³-hybridized carbons (Fsp3) is 0.439. The first-order valence-corrected chi connectivity index (χ1v) is 19.1. The summed E-state index contributed by atoms with van der Waals surface area (Å²) in [5.74, 6) is -2.34. The Hall–Kier alpha value is -5.19. The summed E-state index contributed by atoms with van der Waals surface area (Å²) in [6.45, 7) is -0.650. The zero-order valence-corrected chi connectivity index (χ0v) is 32.2. The van der Waals surface area contributed by atoms with Gasteiger partial charge in [0.1, 0.15) is 19.3 Å². The molecule has 1 atom stereocenters. The van der Waals surface area contributed by atoms with E-state index in [0.717, 1.165) is 16.7 Å². The number of amides is 5. The van der Waals surface area contributed by atoms with Crippen LogP contribution in [0.3, 0.4) is 0 Å². The fourth-order valence-electron chi connectivity index (χ4n) is 6.42. The largest absolute Gasteiger partial charge is 0.376 e. The number of carbonyl (C=O) groups is 5. The van der Waals surface area contributed by atoms with Gasteiger partial charge in [0.05, 0.1) is 26.2 Å². The lowest BCUT2D eigenvalue weighted by molar-refractivity contribution is -0.150. The van der Waals surface area contributed by atoms with Gasteiger partial charge in [-0.3, -0.25) is 28.9 Å². The van der Waals surface area contributed by atoms with Crippen molar-refractivity contribution >= 4 is 29.5 Å². The molecule has 15 nitrogen and oxygen atoms in total. The number of nitrogens with two attached hydrogens (primary N) is 3. The Kier molecular flexibility index (Phi) is 17.9. The zero-order chi connectivity index (χ0) is 40.3. The summed E-state index contributed by atoms with van der Waals surface area (Å²) in [5.41, 5.74) is 20.0. The number of rotatable bonds is 14. The van der Waals surface area contributed by atoms with Crippen LogP contribution in [0.4, 0.5) is 0 Å². The van der Waals surface area contributed by atoms with E-state index in [1.54, 1.807) is 4.90 Å². The molecule has 0 bridgehead atoms. The number of carbonyl (C=O) groups excluding carboxylic acids is 5. The van der Waals surface area contributed by atoms with E-state index in [4.69, 9.17) is 17.2 Å². The van der Waals surface area contributed by atoms with Crippen molar-refractivity contribution in [3.8, 4) is 0 Å². The number of benzene rings is 3. The summed E-state index contributed by atoms with van der Waals surface area (Å²) >= 11 is 0. The van der Waals surface area contributed by atoms with Crippen LogP contribution in [0.2, 0.25) is 0 Å². The molecule has 7 N–H and O–H groups in total. The highest BCUT2D eigenvalue weighted by atomic mass is 16.3. The Balaban J connectivity index is 1.77. The van der Waals surface area contributed by atoms with Crippen molar-refractivity contribution in [2.45, 2.75) is 38.7 Å². The van der Waals surface area contributed by atoms with E-state index in [1.807, 2.05) is 91.0 Å². The molecule has 1 aliphatic rings. The molecule has 1 heterocycles. The number of hydrogen-bond acceptors (Lipinski definition) is 10. The molecule has 56 heavy (non-hydrogen) atoms. The van der Waals surface area contributed by atoms with Crippen LogP contribution in [0, 0.1) is 0 Å². The van der Waals surface area contributed by atoms with Gasteiger partial charge in [-0.05, 0) is 42.6 Å². The molecule has 1 fully saturated rings. The minimum absolute atomic E-state index is 0.0441. The third-order valence-corrected chi connectivity index (χ3v) is 9.54. The average molecular weight is 772 g/mol. The minimum Gasteiger partial charge on any atom is -0.376 e. The van der Waals surface area contributed by atoms with E-state index in [1.165, 1.54) is 24.5 Å². The normalized spacial score (nSPS) is 17.8. The first-order valence-electron chi connectivity index (χ1n) is 19.1. The van der Waals surface area contributed by atoms with E-state index in [0.29, 0.717) is 12.8 Å². The van der Waals surface area contributed by atoms with E-state index in [2.05, 4.69) is 0 Å². The first-order chi connectivity index (χ1) is 27.1. The van der Waals surface area contributed by atoms with Gasteiger partial charge >= 0.3 is 0 Å². The predicted octanol–water partition coefficient (Wildman–Crippen LogP) is 0.0203. The van der Waals surface area contributed by atoms with Gasteiger partial charge in [0.25, 0.3) is 0 Å². The van der Waals surface area contributed by atoms with Crippen LogP contribution in [0.25, 0.3) is 0 Å². The Morgan fingerprint density at radius 2 is 0.804 bits per heavy atom. The molecule has 0 aliphatic carbocycles. The number of β-amino-alcohol motifs (C(OH)–C–C–N with tert-alkyl or cyclic N) is 1. The molecule has 4 rings (SSSR count). The SMILES string of the molecule is NCCCN1CC(=O)N(Cc2ccccc2)CC(=O)N(CCCN)CC(O)N(Cc2ccccc2)CC(=O)N(CCN)CC(=O)N(Cc2ccccc2)CC1=O. The monoisotopic (exact) mass is 771 g/mol. The summed E-state index contributed by atoms with van der Waals surface area (Å²) in [6, 6.07) is 27.6. The lowest BCUT2D eigenvalue weighted by atomic mass is 10.2. The van der Waals surface area contributed by atoms with E-state index < -0.39 is 35.8 Å². The third-order valence-electron chi connectivity index (χ3n) is 9.54. The van der Waals surface area contributed by atoms with Gasteiger partial charge in [-0.1, -0.05) is 91.0 Å². The van der Waals surface area contributed by atoms with Gasteiger partial charge in [-0.25, -0.2) is 0 Å². The van der Waals surface area contributed by atoms with Crippen LogP contribution < -0.4 is 17.2 Å². The van der Waals surface area contributed by atoms with Crippen LogP contribution in [-0.2, 0) is 43.6 Å². The van der Waals surface area contributed by atoms with Crippen LogP contribution in [0.1, 0.15) is 29.5 Å². The molecule has 15 heteroatoms. The minimum atomic E-state index is -1.31. The van der Waals surface area contributed by atoms with Crippen molar-refractivity contribution in [3.05, 3.63) is 108 Å². The lowest BCUT2D eigenvalue weighted by Gasteiger charge is -2.35. The van der Waals surface area contributed by atoms with Crippen molar-refractivity contribution in [2.75, 3.05) is 78.5 Å². The molecule has 0 aromatic heterocycles. The number of aliphatic hydroxyl groups is 1. The highest BCUT2D eigenvalue weighted by Gasteiger charge is 2.31. The van der Waals surface area contributed by atoms with Gasteiger partial charge in [0.2, 0.25) is 29.5 Å². The molecule has 1 aliphatic heterocycles. The van der Waals surface area contributed by atoms with Crippen molar-refractivity contribution in [3.63, 3.8) is 0 Å². The van der Waals surface area contributed by atoms with E-state index >= 15 is 0 Å². The van der Waals surface area contributed by atoms with Crippen molar-refractivity contribution in [1.29, 1.82) is 0 Å². The maximum Gasteiger partial charge on any atom is 0.242 e. The van der Waals surface area contributed by atoms with Gasteiger partial charge in [-0.2, -0.15) is 0 Å². The van der Waals surface area contributed by atoms with Crippen LogP contribution >= 0.6 is 0 Å². The zero-order valence-electron chi connectivity index (χ0n) is 32.2. The third kappa shape index (κ3) is 13.8. The summed E-state index contributed by atoms with van der Waals surface area (Å²) in [5, 5.41) is 11.8. The second-order valence-corrected chi connectivity index (χ2v) is 13.9. The molecular weight excluding hydrogens is 715 g/mol. The Morgan fingerprint density at radius 1 is 0.446 bits per heavy atom. The number of nitrogens with zero attached hydrogens (tertiary/aromatic N) is 6. The lowest BCUT2D eigenvalue weighted by Crippen LogP contribution is -2.54. The van der Waals surface area contributed by atoms with Crippen LogP contribution in [0.15, 0.2) is 91.0 Å². The number of hydrogen-bond donors (Lipinski definition) is 4. The average Bonchev–Trinajstić information content (AvgIpc) is 3.20. The van der Waals surface area contributed by atoms with Crippen LogP contribution in [0.5, 0.6) is 0 Å². The highest BCUT2D eigenvalue weighted by Crippen LogP contribution is 2.14. The Labute approximate surface area is 329 Å². The quantitative estimate of drug-likeness (QED) is 0.173. The van der Waals surface area contributed by atoms with Gasteiger partial charge in [-0.15, -0.1) is 0 Å². The van der Waals surface area contributed by atoms with Gasteiger partial charge < -0.3 is 46.8 Å². The molecule has 0 radical (unpaired) electrons. The molecule has 3 aromatic carbocycles. The summed E-state index contributed by atoms with van der Waals surface area (Å²) in [7, 11) is 0. The molecule has 1 saturated heterocycles. The molecule has 302 valence electrons. The summed E-state index contributed by atoms with van der Waals surface area (Å²) in [6.07, 6.45) is -0.491. The Bertz CT molecular complexity index is 1680. The molecule has 3 aromatic rings. The summed E-state index contributed by atoms with van der Waals surface area (Å²) in [4.78, 5) is 79.2. The maximum absolute atomic E-state index is 14.2. The molecule has 0 saturated carbocycles. The van der Waals surface area contributed by atoms with Gasteiger partial charge in [0.15, 0.2) is 0 Å². The van der Waals surface area contributed by atoms with Crippen molar-refractivity contribution in [2.24, 2.45) is 17.2 Å². The van der Waals surface area contributed by atoms with Gasteiger partial charge in [0, 0.05) is 45.8 Å². The van der Waals surface area contributed by atoms with Crippen molar-refractivity contribution in [1.82, 2.24) is 29.4 Å². The molecule has 1 unspecified atom stereocenters.